The van der Waals surface area contributed by atoms with Gasteiger partial charge >= 0.3 is 6.18 Å². The van der Waals surface area contributed by atoms with Gasteiger partial charge in [0, 0.05) is 0 Å². The van der Waals surface area contributed by atoms with E-state index in [1.165, 1.54) is 0 Å². The minimum absolute atomic E-state index is 0.0284. The van der Waals surface area contributed by atoms with E-state index in [0.717, 1.165) is 0 Å². The van der Waals surface area contributed by atoms with Crippen molar-refractivity contribution in [2.75, 3.05) is 0 Å². The van der Waals surface area contributed by atoms with E-state index in [2.05, 4.69) is 0 Å². The van der Waals surface area contributed by atoms with Gasteiger partial charge in [0.25, 0.3) is 0 Å². The first kappa shape index (κ1) is 10.9. The van der Waals surface area contributed by atoms with Crippen LogP contribution in [0.25, 0.3) is 0 Å². The molecular formula is C3H4Cl3F3Si. The van der Waals surface area contributed by atoms with Crippen molar-refractivity contribution in [3.63, 3.8) is 0 Å². The fourth-order valence-electron chi connectivity index (χ4n) is 0.287. The maximum Gasteiger partial charge on any atom is 0.407 e. The molecule has 0 heterocycles. The number of rotatable bonds is 1. The third-order valence-electron chi connectivity index (χ3n) is 0.732. The first-order chi connectivity index (χ1) is 4.15. The van der Waals surface area contributed by atoms with Gasteiger partial charge in [-0.15, -0.1) is 34.8 Å². The van der Waals surface area contributed by atoms with Crippen LogP contribution in [-0.4, -0.2) is 25.8 Å². The zero-order valence-electron chi connectivity index (χ0n) is 4.85. The molecule has 0 radical (unpaired) electrons. The first-order valence-corrected chi connectivity index (χ1v) is 4.43. The maximum atomic E-state index is 11.7. The van der Waals surface area contributed by atoms with Crippen LogP contribution < -0.4 is 0 Å². The molecule has 0 bridgehead atoms. The van der Waals surface area contributed by atoms with E-state index in [1.807, 2.05) is 0 Å². The van der Waals surface area contributed by atoms with Gasteiger partial charge in [-0.25, -0.2) is 0 Å². The van der Waals surface area contributed by atoms with Crippen LogP contribution in [0.2, 0.25) is 0 Å². The van der Waals surface area contributed by atoms with Crippen LogP contribution in [0, 0.1) is 0 Å². The van der Waals surface area contributed by atoms with Crippen LogP contribution in [0.3, 0.4) is 0 Å². The lowest BCUT2D eigenvalue weighted by Crippen LogP contribution is -2.39. The van der Waals surface area contributed by atoms with Crippen molar-refractivity contribution in [3.8, 4) is 0 Å². The fraction of sp³-hybridized carbons (Fsp3) is 1.00. The summed E-state index contributed by atoms with van der Waals surface area (Å²) >= 11 is 15.2. The first-order valence-electron chi connectivity index (χ1n) is 2.24. The minimum atomic E-state index is -4.52. The normalized spacial score (nSPS) is 17.4. The molecule has 0 aliphatic heterocycles. The summed E-state index contributed by atoms with van der Waals surface area (Å²) in [7, 11) is -0.0284. The largest absolute Gasteiger partial charge is 0.407 e. The van der Waals surface area contributed by atoms with Crippen LogP contribution in [-0.2, 0) is 0 Å². The van der Waals surface area contributed by atoms with Crippen molar-refractivity contribution >= 4 is 45.0 Å². The second-order valence-corrected chi connectivity index (χ2v) is 6.91. The summed E-state index contributed by atoms with van der Waals surface area (Å²) in [5.74, 6) is 0. The van der Waals surface area contributed by atoms with E-state index in [1.54, 1.807) is 0 Å². The Morgan fingerprint density at radius 1 is 1.20 bits per heavy atom. The summed E-state index contributed by atoms with van der Waals surface area (Å²) in [6, 6.07) is 0. The summed E-state index contributed by atoms with van der Waals surface area (Å²) in [4.78, 5) is 0. The molecule has 0 aliphatic carbocycles. The Bertz CT molecular complexity index is 103. The summed E-state index contributed by atoms with van der Waals surface area (Å²) in [5, 5.41) is -2.17. The van der Waals surface area contributed by atoms with E-state index in [0.29, 0.717) is 0 Å². The van der Waals surface area contributed by atoms with Gasteiger partial charge in [0.05, 0.1) is 10.2 Å². The lowest BCUT2D eigenvalue weighted by atomic mass is 10.4. The highest BCUT2D eigenvalue weighted by molar-refractivity contribution is 6.68. The van der Waals surface area contributed by atoms with Gasteiger partial charge in [0.1, 0.15) is 3.96 Å². The predicted molar refractivity (Wildman–Crippen MR) is 40.1 cm³/mol. The highest BCUT2D eigenvalue weighted by Crippen LogP contribution is 2.37. The Kier molecular flexibility index (Phi) is 3.36. The van der Waals surface area contributed by atoms with Crippen molar-refractivity contribution in [1.82, 2.24) is 0 Å². The molecule has 62 valence electrons. The van der Waals surface area contributed by atoms with Gasteiger partial charge in [0.15, 0.2) is 5.38 Å². The molecule has 0 aromatic carbocycles. The van der Waals surface area contributed by atoms with E-state index >= 15 is 0 Å². The van der Waals surface area contributed by atoms with Crippen LogP contribution in [0.1, 0.15) is 0 Å². The average molecular weight is 232 g/mol. The fourth-order valence-corrected chi connectivity index (χ4v) is 0.862. The van der Waals surface area contributed by atoms with Gasteiger partial charge in [-0.05, 0) is 0 Å². The molecule has 1 atom stereocenters. The van der Waals surface area contributed by atoms with Crippen molar-refractivity contribution in [3.05, 3.63) is 0 Å². The minimum Gasteiger partial charge on any atom is -0.169 e. The predicted octanol–water partition coefficient (Wildman–Crippen LogP) is 1.65. The molecule has 0 amide bonds. The highest BCUT2D eigenvalue weighted by atomic mass is 35.5. The summed E-state index contributed by atoms with van der Waals surface area (Å²) in [5.41, 5.74) is 0. The lowest BCUT2D eigenvalue weighted by molar-refractivity contribution is -0.129. The van der Waals surface area contributed by atoms with Gasteiger partial charge in [-0.3, -0.25) is 0 Å². The highest BCUT2D eigenvalue weighted by Gasteiger charge is 2.48. The quantitative estimate of drug-likeness (QED) is 0.476. The van der Waals surface area contributed by atoms with Crippen molar-refractivity contribution in [1.29, 1.82) is 0 Å². The van der Waals surface area contributed by atoms with Gasteiger partial charge < -0.3 is 0 Å². The second-order valence-electron chi connectivity index (χ2n) is 1.86. The zero-order chi connectivity index (χ0) is 8.58. The van der Waals surface area contributed by atoms with Gasteiger partial charge in [-0.2, -0.15) is 13.2 Å². The Morgan fingerprint density at radius 2 is 1.50 bits per heavy atom. The third kappa shape index (κ3) is 3.32. The van der Waals surface area contributed by atoms with E-state index in [4.69, 9.17) is 34.8 Å². The van der Waals surface area contributed by atoms with Crippen molar-refractivity contribution < 1.29 is 13.2 Å². The van der Waals surface area contributed by atoms with Crippen LogP contribution in [0.5, 0.6) is 0 Å². The van der Waals surface area contributed by atoms with Gasteiger partial charge in [-0.1, -0.05) is 0 Å². The molecule has 0 aliphatic rings. The van der Waals surface area contributed by atoms with Crippen LogP contribution in [0.4, 0.5) is 13.2 Å². The van der Waals surface area contributed by atoms with Crippen molar-refractivity contribution in [2.45, 2.75) is 15.5 Å². The zero-order valence-corrected chi connectivity index (χ0v) is 9.11. The standard InChI is InChI=1S/C3H4Cl3F3Si/c4-1(2(5,6)10)3(7,8)9/h1H,10H3. The van der Waals surface area contributed by atoms with Crippen LogP contribution >= 0.6 is 34.8 Å². The Hall–Kier alpha value is 0.877. The summed E-state index contributed by atoms with van der Waals surface area (Å²) < 4.78 is 33.2. The maximum absolute atomic E-state index is 11.7. The summed E-state index contributed by atoms with van der Waals surface area (Å²) in [6.07, 6.45) is -4.52. The molecule has 0 saturated heterocycles. The third-order valence-corrected chi connectivity index (χ3v) is 3.02. The smallest absolute Gasteiger partial charge is 0.169 e. The Morgan fingerprint density at radius 3 is 1.50 bits per heavy atom. The molecule has 0 spiro atoms. The van der Waals surface area contributed by atoms with E-state index in [9.17, 15) is 13.2 Å². The molecule has 1 unspecified atom stereocenters. The molecule has 7 heteroatoms. The Balaban J connectivity index is 4.23. The monoisotopic (exact) mass is 230 g/mol. The molecule has 0 aromatic rings. The lowest BCUT2D eigenvalue weighted by Gasteiger charge is -2.22. The molecule has 0 rings (SSSR count). The number of hydrogen-bond donors (Lipinski definition) is 0. The molecule has 0 saturated carbocycles. The molecule has 0 nitrogen and oxygen atoms in total. The SMILES string of the molecule is FC(F)(F)C(Cl)C([SiH3])(Cl)Cl. The molecule has 0 fully saturated rings. The van der Waals surface area contributed by atoms with E-state index in [-0.39, 0.29) is 10.2 Å². The molecule has 0 N–H and O–H groups in total. The topological polar surface area (TPSA) is 0 Å². The summed E-state index contributed by atoms with van der Waals surface area (Å²) in [6.45, 7) is 0. The van der Waals surface area contributed by atoms with Crippen molar-refractivity contribution in [2.24, 2.45) is 0 Å². The number of alkyl halides is 6. The van der Waals surface area contributed by atoms with Crippen LogP contribution in [0.15, 0.2) is 0 Å². The molecular weight excluding hydrogens is 227 g/mol. The molecule has 10 heavy (non-hydrogen) atoms. The van der Waals surface area contributed by atoms with Gasteiger partial charge in [0.2, 0.25) is 0 Å². The Labute approximate surface area is 74.0 Å². The second kappa shape index (κ2) is 3.09. The number of halogens is 6. The molecule has 0 aromatic heterocycles. The van der Waals surface area contributed by atoms with E-state index < -0.39 is 15.5 Å². The average Bonchev–Trinajstić information content (AvgIpc) is 1.59. The number of hydrogen-bond acceptors (Lipinski definition) is 0.